The first-order valence-corrected chi connectivity index (χ1v) is 4.08. The second-order valence-electron chi connectivity index (χ2n) is 2.76. The molecule has 0 atom stereocenters. The van der Waals surface area contributed by atoms with Crippen LogP contribution in [0.2, 0.25) is 0 Å². The van der Waals surface area contributed by atoms with Crippen molar-refractivity contribution in [1.82, 2.24) is 9.97 Å². The summed E-state index contributed by atoms with van der Waals surface area (Å²) in [5, 5.41) is 0. The Balaban J connectivity index is 0.00000112. The molecule has 0 radical (unpaired) electrons. The third-order valence-electron chi connectivity index (χ3n) is 1.61. The molecular weight excluding hydrogens is 191 g/mol. The van der Waals surface area contributed by atoms with Crippen LogP contribution in [-0.4, -0.2) is 17.1 Å². The van der Waals surface area contributed by atoms with Crippen LogP contribution in [0.4, 0.5) is 0 Å². The number of aromatic nitrogens is 2. The van der Waals surface area contributed by atoms with E-state index in [9.17, 15) is 0 Å². The normalized spacial score (nSPS) is 10.0. The van der Waals surface area contributed by atoms with Crippen molar-refractivity contribution in [2.75, 3.05) is 7.11 Å². The molecule has 0 unspecified atom stereocenters. The maximum absolute atomic E-state index is 5.17. The number of hydrogen-bond acceptors (Lipinski definition) is 5. The Hall–Kier alpha value is -1.02. The molecule has 2 heterocycles. The molecule has 2 aromatic heterocycles. The average molecular weight is 200 g/mol. The molecule has 0 bridgehead atoms. The van der Waals surface area contributed by atoms with Crippen molar-refractivity contribution in [2.45, 2.75) is 13.5 Å². The number of hydrogen-bond donors (Lipinski definition) is 0. The molecule has 0 aliphatic rings. The summed E-state index contributed by atoms with van der Waals surface area (Å²) in [6, 6.07) is 0. The summed E-state index contributed by atoms with van der Waals surface area (Å²) >= 11 is 0. The molecule has 0 aliphatic heterocycles. The van der Waals surface area contributed by atoms with Crippen LogP contribution in [0.5, 0.6) is 0 Å². The van der Waals surface area contributed by atoms with Crippen molar-refractivity contribution in [3.8, 4) is 11.6 Å². The number of oxazole rings is 2. The molecule has 0 aromatic carbocycles. The first kappa shape index (κ1) is 12.0. The molecule has 5 nitrogen and oxygen atoms in total. The van der Waals surface area contributed by atoms with Gasteiger partial charge in [-0.2, -0.15) is 0 Å². The number of methoxy groups -OCH3 is 1. The largest absolute Gasteiger partial charge is 1.00 e. The van der Waals surface area contributed by atoms with E-state index >= 15 is 0 Å². The predicted octanol–water partition coefficient (Wildman–Crippen LogP) is -1.41. The van der Waals surface area contributed by atoms with Gasteiger partial charge in [-0.15, -0.1) is 0 Å². The molecule has 0 spiro atoms. The first-order valence-electron chi connectivity index (χ1n) is 4.08. The molecule has 0 saturated carbocycles. The van der Waals surface area contributed by atoms with Crippen molar-refractivity contribution < 1.29 is 32.4 Å². The van der Waals surface area contributed by atoms with E-state index in [1.165, 1.54) is 6.26 Å². The van der Waals surface area contributed by atoms with Crippen LogP contribution in [0.25, 0.3) is 11.6 Å². The summed E-state index contributed by atoms with van der Waals surface area (Å²) in [6.45, 7) is 2.15. The van der Waals surface area contributed by atoms with Gasteiger partial charge in [0.25, 0.3) is 0 Å². The van der Waals surface area contributed by atoms with Crippen molar-refractivity contribution in [3.63, 3.8) is 0 Å². The van der Waals surface area contributed by atoms with Crippen molar-refractivity contribution in [3.05, 3.63) is 24.1 Å². The van der Waals surface area contributed by atoms with Crippen LogP contribution in [0.3, 0.4) is 0 Å². The molecule has 15 heavy (non-hydrogen) atoms. The Kier molecular flexibility index (Phi) is 4.15. The first-order chi connectivity index (χ1) is 6.79. The summed E-state index contributed by atoms with van der Waals surface area (Å²) in [5.41, 5.74) is 1.20. The molecule has 2 aromatic rings. The van der Waals surface area contributed by atoms with Crippen LogP contribution >= 0.6 is 0 Å². The standard InChI is InChI=1S/C9H9N2O3.Li/c1-6-10-8(5-13-6)9-11-7(3-12-2)4-14-9;/h4H,3H2,1-2H3;/q-1;+1. The minimum absolute atomic E-state index is 0. The Labute approximate surface area is 99.0 Å². The third-order valence-corrected chi connectivity index (χ3v) is 1.61. The van der Waals surface area contributed by atoms with Gasteiger partial charge in [-0.3, -0.25) is 9.97 Å². The fourth-order valence-corrected chi connectivity index (χ4v) is 1.05. The number of aryl methyl sites for hydroxylation is 1. The van der Waals surface area contributed by atoms with Gasteiger partial charge in [-0.1, -0.05) is 0 Å². The van der Waals surface area contributed by atoms with Crippen molar-refractivity contribution in [2.24, 2.45) is 0 Å². The Morgan fingerprint density at radius 3 is 2.87 bits per heavy atom. The van der Waals surface area contributed by atoms with Crippen LogP contribution in [-0.2, 0) is 11.3 Å². The van der Waals surface area contributed by atoms with Gasteiger partial charge in [0.2, 0.25) is 0 Å². The zero-order chi connectivity index (χ0) is 9.97. The van der Waals surface area contributed by atoms with Gasteiger partial charge >= 0.3 is 18.9 Å². The van der Waals surface area contributed by atoms with Crippen LogP contribution in [0.1, 0.15) is 11.6 Å². The van der Waals surface area contributed by atoms with Gasteiger partial charge in [-0.25, -0.2) is 0 Å². The smallest absolute Gasteiger partial charge is 0.568 e. The second kappa shape index (κ2) is 5.17. The van der Waals surface area contributed by atoms with E-state index in [0.29, 0.717) is 24.1 Å². The summed E-state index contributed by atoms with van der Waals surface area (Å²) in [6.07, 6.45) is 4.12. The number of ether oxygens (including phenoxy) is 1. The minimum atomic E-state index is 0. The quantitative estimate of drug-likeness (QED) is 0.450. The van der Waals surface area contributed by atoms with Gasteiger partial charge < -0.3 is 13.6 Å². The third kappa shape index (κ3) is 2.72. The van der Waals surface area contributed by atoms with Gasteiger partial charge in [0.15, 0.2) is 0 Å². The molecule has 2 rings (SSSR count). The molecule has 6 heteroatoms. The average Bonchev–Trinajstić information content (AvgIpc) is 2.74. The van der Waals surface area contributed by atoms with E-state index in [1.807, 2.05) is 0 Å². The summed E-state index contributed by atoms with van der Waals surface area (Å²) in [4.78, 5) is 8.17. The summed E-state index contributed by atoms with van der Waals surface area (Å²) < 4.78 is 15.0. The molecule has 0 amide bonds. The fraction of sp³-hybridized carbons (Fsp3) is 0.333. The van der Waals surface area contributed by atoms with Gasteiger partial charge in [0.05, 0.1) is 24.5 Å². The van der Waals surface area contributed by atoms with Crippen LogP contribution in [0.15, 0.2) is 15.1 Å². The molecule has 0 saturated heterocycles. The van der Waals surface area contributed by atoms with E-state index in [0.717, 1.165) is 5.69 Å². The van der Waals surface area contributed by atoms with Crippen LogP contribution in [0, 0.1) is 13.2 Å². The summed E-state index contributed by atoms with van der Waals surface area (Å²) in [5.74, 6) is 0.931. The van der Waals surface area contributed by atoms with E-state index < -0.39 is 0 Å². The molecule has 0 fully saturated rings. The Morgan fingerprint density at radius 2 is 2.27 bits per heavy atom. The Morgan fingerprint density at radius 1 is 1.47 bits per heavy atom. The maximum Gasteiger partial charge on any atom is 1.00 e. The topological polar surface area (TPSA) is 61.3 Å². The van der Waals surface area contributed by atoms with Gasteiger partial charge in [0, 0.05) is 19.1 Å². The zero-order valence-electron chi connectivity index (χ0n) is 8.90. The zero-order valence-corrected chi connectivity index (χ0v) is 8.90. The fourth-order valence-electron chi connectivity index (χ4n) is 1.05. The van der Waals surface area contributed by atoms with E-state index in [1.54, 1.807) is 14.0 Å². The van der Waals surface area contributed by atoms with Crippen molar-refractivity contribution in [1.29, 1.82) is 0 Å². The van der Waals surface area contributed by atoms with Gasteiger partial charge in [0.1, 0.15) is 5.89 Å². The van der Waals surface area contributed by atoms with E-state index in [-0.39, 0.29) is 18.9 Å². The van der Waals surface area contributed by atoms with E-state index in [2.05, 4.69) is 16.2 Å². The molecule has 0 N–H and O–H groups in total. The van der Waals surface area contributed by atoms with E-state index in [4.69, 9.17) is 13.6 Å². The Bertz CT molecular complexity index is 424. The second-order valence-corrected chi connectivity index (χ2v) is 2.76. The SMILES string of the molecule is COCc1coc(-c2[c-]oc(C)n2)n1.[Li+]. The molecule has 0 aliphatic carbocycles. The van der Waals surface area contributed by atoms with Crippen molar-refractivity contribution >= 4 is 0 Å². The monoisotopic (exact) mass is 200 g/mol. The predicted molar refractivity (Wildman–Crippen MR) is 46.3 cm³/mol. The maximum atomic E-state index is 5.17. The number of rotatable bonds is 3. The minimum Gasteiger partial charge on any atom is -0.568 e. The molecule has 74 valence electrons. The van der Waals surface area contributed by atoms with Crippen LogP contribution < -0.4 is 18.9 Å². The number of nitrogens with zero attached hydrogens (tertiary/aromatic N) is 2. The van der Waals surface area contributed by atoms with Gasteiger partial charge in [-0.05, 0) is 6.92 Å². The summed E-state index contributed by atoms with van der Waals surface area (Å²) in [7, 11) is 1.60. The molecular formula is C9H9LiN2O3.